The zero-order valence-corrected chi connectivity index (χ0v) is 9.87. The highest BCUT2D eigenvalue weighted by molar-refractivity contribution is 6.33. The minimum Gasteiger partial charge on any atom is -0.330 e. The Morgan fingerprint density at radius 1 is 1.35 bits per heavy atom. The summed E-state index contributed by atoms with van der Waals surface area (Å²) < 4.78 is 0. The summed E-state index contributed by atoms with van der Waals surface area (Å²) in [6.07, 6.45) is 1.85. The molecule has 4 nitrogen and oxygen atoms in total. The largest absolute Gasteiger partial charge is 0.330 e. The highest BCUT2D eigenvalue weighted by Crippen LogP contribution is 2.26. The summed E-state index contributed by atoms with van der Waals surface area (Å²) in [5.41, 5.74) is 7.26. The highest BCUT2D eigenvalue weighted by atomic mass is 35.5. The third-order valence-electron chi connectivity index (χ3n) is 2.47. The molecule has 0 aliphatic carbocycles. The minimum absolute atomic E-state index is 0.166. The van der Waals surface area contributed by atoms with Gasteiger partial charge in [0, 0.05) is 16.1 Å². The Bertz CT molecular complexity index is 580. The van der Waals surface area contributed by atoms with Crippen molar-refractivity contribution in [1.82, 2.24) is 9.97 Å². The zero-order chi connectivity index (χ0) is 12.3. The van der Waals surface area contributed by atoms with Crippen LogP contribution in [0.2, 0.25) is 5.02 Å². The average Bonchev–Trinajstić information content (AvgIpc) is 2.33. The van der Waals surface area contributed by atoms with E-state index in [1.165, 1.54) is 6.33 Å². The van der Waals surface area contributed by atoms with Crippen LogP contribution in [0.4, 0.5) is 0 Å². The molecule has 0 fully saturated rings. The molecule has 0 aliphatic rings. The first-order chi connectivity index (χ1) is 8.24. The molecule has 88 valence electrons. The molecule has 2 rings (SSSR count). The number of H-pyrrole nitrogens is 1. The summed E-state index contributed by atoms with van der Waals surface area (Å²) >= 11 is 6.10. The number of aromatic amines is 1. The Hall–Kier alpha value is -1.65. The van der Waals surface area contributed by atoms with Crippen LogP contribution in [0.1, 0.15) is 5.56 Å². The maximum absolute atomic E-state index is 11.7. The number of benzene rings is 1. The summed E-state index contributed by atoms with van der Waals surface area (Å²) in [6, 6.07) is 7.30. The fourth-order valence-corrected chi connectivity index (χ4v) is 1.91. The van der Waals surface area contributed by atoms with E-state index in [9.17, 15) is 4.79 Å². The van der Waals surface area contributed by atoms with Crippen molar-refractivity contribution in [3.8, 4) is 11.3 Å². The molecule has 0 atom stereocenters. The molecule has 0 saturated carbocycles. The second kappa shape index (κ2) is 5.12. The van der Waals surface area contributed by atoms with E-state index in [1.54, 1.807) is 6.07 Å². The molecular formula is C12H12ClN3O. The predicted octanol–water partition coefficient (Wildman–Crippen LogP) is 1.59. The van der Waals surface area contributed by atoms with Gasteiger partial charge in [0.25, 0.3) is 5.56 Å². The molecule has 0 spiro atoms. The van der Waals surface area contributed by atoms with Gasteiger partial charge in [-0.25, -0.2) is 4.98 Å². The van der Waals surface area contributed by atoms with Gasteiger partial charge in [-0.15, -0.1) is 0 Å². The van der Waals surface area contributed by atoms with Crippen LogP contribution >= 0.6 is 11.6 Å². The first-order valence-corrected chi connectivity index (χ1v) is 5.63. The van der Waals surface area contributed by atoms with E-state index < -0.39 is 0 Å². The quantitative estimate of drug-likeness (QED) is 0.868. The Labute approximate surface area is 103 Å². The van der Waals surface area contributed by atoms with Crippen molar-refractivity contribution in [3.63, 3.8) is 0 Å². The number of nitrogens with zero attached hydrogens (tertiary/aromatic N) is 1. The number of rotatable bonds is 3. The smallest absolute Gasteiger partial charge is 0.254 e. The van der Waals surface area contributed by atoms with Crippen LogP contribution in [0.25, 0.3) is 11.3 Å². The zero-order valence-electron chi connectivity index (χ0n) is 9.11. The van der Waals surface area contributed by atoms with Crippen LogP contribution < -0.4 is 11.3 Å². The van der Waals surface area contributed by atoms with Crippen molar-refractivity contribution in [3.05, 3.63) is 51.5 Å². The van der Waals surface area contributed by atoms with Gasteiger partial charge in [-0.05, 0) is 19.0 Å². The normalized spacial score (nSPS) is 10.5. The van der Waals surface area contributed by atoms with Gasteiger partial charge in [-0.3, -0.25) is 4.79 Å². The molecule has 1 heterocycles. The molecule has 0 saturated heterocycles. The van der Waals surface area contributed by atoms with Crippen LogP contribution in [0.15, 0.2) is 35.4 Å². The molecule has 0 bridgehead atoms. The number of hydrogen-bond acceptors (Lipinski definition) is 3. The average molecular weight is 250 g/mol. The lowest BCUT2D eigenvalue weighted by molar-refractivity contribution is 0.925. The second-order valence-corrected chi connectivity index (χ2v) is 3.98. The fourth-order valence-electron chi connectivity index (χ4n) is 1.69. The Morgan fingerprint density at radius 3 is 2.82 bits per heavy atom. The van der Waals surface area contributed by atoms with Crippen molar-refractivity contribution >= 4 is 11.6 Å². The van der Waals surface area contributed by atoms with Gasteiger partial charge >= 0.3 is 0 Å². The highest BCUT2D eigenvalue weighted by Gasteiger charge is 2.12. The minimum atomic E-state index is -0.166. The number of nitrogens with two attached hydrogens (primary N) is 1. The van der Waals surface area contributed by atoms with Gasteiger partial charge in [0.15, 0.2) is 0 Å². The van der Waals surface area contributed by atoms with Crippen molar-refractivity contribution < 1.29 is 0 Å². The Kier molecular flexibility index (Phi) is 3.56. The topological polar surface area (TPSA) is 71.8 Å². The number of hydrogen-bond donors (Lipinski definition) is 2. The van der Waals surface area contributed by atoms with E-state index >= 15 is 0 Å². The summed E-state index contributed by atoms with van der Waals surface area (Å²) in [5, 5.41) is 0.573. The monoisotopic (exact) mass is 249 g/mol. The van der Waals surface area contributed by atoms with Gasteiger partial charge in [-0.2, -0.15) is 0 Å². The lowest BCUT2D eigenvalue weighted by Crippen LogP contribution is -2.18. The molecule has 17 heavy (non-hydrogen) atoms. The Morgan fingerprint density at radius 2 is 2.12 bits per heavy atom. The molecule has 0 amide bonds. The maximum Gasteiger partial charge on any atom is 0.254 e. The number of aromatic nitrogens is 2. The molecule has 0 radical (unpaired) electrons. The van der Waals surface area contributed by atoms with Gasteiger partial charge in [0.1, 0.15) is 0 Å². The molecule has 1 aromatic carbocycles. The van der Waals surface area contributed by atoms with Crippen LogP contribution in [-0.2, 0) is 6.42 Å². The number of halogens is 1. The van der Waals surface area contributed by atoms with Crippen molar-refractivity contribution in [2.24, 2.45) is 5.73 Å². The van der Waals surface area contributed by atoms with Crippen molar-refractivity contribution in [2.45, 2.75) is 6.42 Å². The molecule has 0 unspecified atom stereocenters. The molecule has 0 aliphatic heterocycles. The standard InChI is InChI=1S/C12H12ClN3O/c13-10-4-2-1-3-8(10)11-9(5-6-14)12(17)16-7-15-11/h1-4,7H,5-6,14H2,(H,15,16,17). The van der Waals surface area contributed by atoms with Crippen LogP contribution in [-0.4, -0.2) is 16.5 Å². The summed E-state index contributed by atoms with van der Waals surface area (Å²) in [4.78, 5) is 18.5. The predicted molar refractivity (Wildman–Crippen MR) is 68.1 cm³/mol. The summed E-state index contributed by atoms with van der Waals surface area (Å²) in [5.74, 6) is 0. The first-order valence-electron chi connectivity index (χ1n) is 5.25. The third kappa shape index (κ3) is 2.38. The molecule has 5 heteroatoms. The molecular weight excluding hydrogens is 238 g/mol. The van der Waals surface area contributed by atoms with Gasteiger partial charge < -0.3 is 10.7 Å². The first kappa shape index (κ1) is 11.8. The SMILES string of the molecule is NCCc1c(-c2ccccc2Cl)nc[nH]c1=O. The molecule has 1 aromatic heterocycles. The second-order valence-electron chi connectivity index (χ2n) is 3.58. The molecule has 2 aromatic rings. The van der Waals surface area contributed by atoms with E-state index in [0.717, 1.165) is 5.56 Å². The number of nitrogens with one attached hydrogen (secondary N) is 1. The van der Waals surface area contributed by atoms with Crippen molar-refractivity contribution in [2.75, 3.05) is 6.54 Å². The summed E-state index contributed by atoms with van der Waals surface area (Å²) in [7, 11) is 0. The lowest BCUT2D eigenvalue weighted by Gasteiger charge is -2.07. The molecule has 3 N–H and O–H groups in total. The maximum atomic E-state index is 11.7. The fraction of sp³-hybridized carbons (Fsp3) is 0.167. The van der Waals surface area contributed by atoms with Crippen LogP contribution in [0.5, 0.6) is 0 Å². The lowest BCUT2D eigenvalue weighted by atomic mass is 10.0. The Balaban J connectivity index is 2.63. The van der Waals surface area contributed by atoms with E-state index in [4.69, 9.17) is 17.3 Å². The van der Waals surface area contributed by atoms with Gasteiger partial charge in [0.2, 0.25) is 0 Å². The van der Waals surface area contributed by atoms with Gasteiger partial charge in [0.05, 0.1) is 12.0 Å². The van der Waals surface area contributed by atoms with E-state index in [-0.39, 0.29) is 5.56 Å². The summed E-state index contributed by atoms with van der Waals surface area (Å²) in [6.45, 7) is 0.395. The van der Waals surface area contributed by atoms with Crippen molar-refractivity contribution in [1.29, 1.82) is 0 Å². The van der Waals surface area contributed by atoms with Crippen LogP contribution in [0.3, 0.4) is 0 Å². The van der Waals surface area contributed by atoms with Crippen LogP contribution in [0, 0.1) is 0 Å². The third-order valence-corrected chi connectivity index (χ3v) is 2.80. The van der Waals surface area contributed by atoms with E-state index in [1.807, 2.05) is 18.2 Å². The van der Waals surface area contributed by atoms with Gasteiger partial charge in [-0.1, -0.05) is 29.8 Å². The van der Waals surface area contributed by atoms with E-state index in [0.29, 0.717) is 29.2 Å². The van der Waals surface area contributed by atoms with E-state index in [2.05, 4.69) is 9.97 Å².